The summed E-state index contributed by atoms with van der Waals surface area (Å²) in [5.41, 5.74) is 14.6. The third-order valence-corrected chi connectivity index (χ3v) is 9.07. The maximum absolute atomic E-state index is 2.61. The highest BCUT2D eigenvalue weighted by atomic mass is 14.4. The number of rotatable bonds is 4. The Hall–Kier alpha value is -1.56. The van der Waals surface area contributed by atoms with Crippen molar-refractivity contribution in [3.8, 4) is 0 Å². The lowest BCUT2D eigenvalue weighted by Crippen LogP contribution is -2.32. The molecular formula is C43H72. The lowest BCUT2D eigenvalue weighted by atomic mass is 9.64. The predicted molar refractivity (Wildman–Crippen MR) is 196 cm³/mol. The third-order valence-electron chi connectivity index (χ3n) is 9.07. The maximum Gasteiger partial charge on any atom is -0.0126 e. The lowest BCUT2D eigenvalue weighted by Gasteiger charge is -2.41. The quantitative estimate of drug-likeness (QED) is 0.333. The summed E-state index contributed by atoms with van der Waals surface area (Å²) in [7, 11) is 0. The van der Waals surface area contributed by atoms with Crippen LogP contribution >= 0.6 is 0 Å². The Morgan fingerprint density at radius 3 is 1.09 bits per heavy atom. The molecule has 2 aromatic carbocycles. The fourth-order valence-corrected chi connectivity index (χ4v) is 7.12. The molecule has 0 aliphatic carbocycles. The molecule has 0 amide bonds. The second-order valence-electron chi connectivity index (χ2n) is 20.9. The van der Waals surface area contributed by atoms with Gasteiger partial charge in [-0.2, -0.15) is 0 Å². The Kier molecular flexibility index (Phi) is 10.2. The van der Waals surface area contributed by atoms with Crippen LogP contribution in [0, 0.1) is 0 Å². The van der Waals surface area contributed by atoms with Crippen molar-refractivity contribution in [3.63, 3.8) is 0 Å². The van der Waals surface area contributed by atoms with E-state index in [1.165, 1.54) is 16.7 Å². The summed E-state index contributed by atoms with van der Waals surface area (Å²) in [5.74, 6) is 0. The largest absolute Gasteiger partial charge is 0.0561 e. The highest BCUT2D eigenvalue weighted by Crippen LogP contribution is 2.47. The van der Waals surface area contributed by atoms with Gasteiger partial charge in [0.05, 0.1) is 0 Å². The van der Waals surface area contributed by atoms with Gasteiger partial charge in [-0.25, -0.2) is 0 Å². The fourth-order valence-electron chi connectivity index (χ4n) is 7.12. The molecule has 0 radical (unpaired) electrons. The Bertz CT molecular complexity index is 1280. The maximum atomic E-state index is 2.61. The van der Waals surface area contributed by atoms with E-state index in [4.69, 9.17) is 0 Å². The molecule has 0 aliphatic heterocycles. The van der Waals surface area contributed by atoms with Gasteiger partial charge in [-0.1, -0.05) is 164 Å². The summed E-state index contributed by atoms with van der Waals surface area (Å²) in [6.45, 7) is 50.6. The average Bonchev–Trinajstić information content (AvgIpc) is 2.73. The van der Waals surface area contributed by atoms with E-state index < -0.39 is 0 Å². The molecule has 244 valence electrons. The SMILES string of the molecule is CC(C)(C)c1cc(CCCc2c(C(C)(C)C)cc(C(C)(C)C)c(C(C)(C)C)c2C(C)(C)C)c(C(C)(C)C)c(C(C)(C)C)c1. The minimum Gasteiger partial charge on any atom is -0.0561 e. The van der Waals surface area contributed by atoms with Crippen molar-refractivity contribution in [2.24, 2.45) is 0 Å². The van der Waals surface area contributed by atoms with Gasteiger partial charge < -0.3 is 0 Å². The molecule has 0 saturated heterocycles. The van der Waals surface area contributed by atoms with Crippen LogP contribution < -0.4 is 0 Å². The molecule has 0 heteroatoms. The predicted octanol–water partition coefficient (Wildman–Crippen LogP) is 12.9. The molecule has 0 aromatic heterocycles. The van der Waals surface area contributed by atoms with Crippen LogP contribution in [0.5, 0.6) is 0 Å². The van der Waals surface area contributed by atoms with Crippen molar-refractivity contribution < 1.29 is 0 Å². The first kappa shape index (κ1) is 37.6. The van der Waals surface area contributed by atoms with E-state index in [1.54, 1.807) is 33.4 Å². The molecule has 0 atom stereocenters. The number of hydrogen-bond acceptors (Lipinski definition) is 0. The van der Waals surface area contributed by atoms with Crippen molar-refractivity contribution in [2.75, 3.05) is 0 Å². The van der Waals surface area contributed by atoms with Gasteiger partial charge >= 0.3 is 0 Å². The van der Waals surface area contributed by atoms with Gasteiger partial charge in [0, 0.05) is 0 Å². The van der Waals surface area contributed by atoms with Crippen LogP contribution in [0.3, 0.4) is 0 Å². The highest BCUT2D eigenvalue weighted by molar-refractivity contribution is 5.56. The molecular weight excluding hydrogens is 516 g/mol. The van der Waals surface area contributed by atoms with Crippen LogP contribution in [0.15, 0.2) is 18.2 Å². The zero-order valence-corrected chi connectivity index (χ0v) is 32.9. The molecule has 0 fully saturated rings. The Labute approximate surface area is 270 Å². The number of aryl methyl sites for hydroxylation is 1. The van der Waals surface area contributed by atoms with Gasteiger partial charge in [0.1, 0.15) is 0 Å². The number of hydrogen-bond donors (Lipinski definition) is 0. The van der Waals surface area contributed by atoms with Crippen molar-refractivity contribution in [2.45, 2.75) is 203 Å². The van der Waals surface area contributed by atoms with Gasteiger partial charge in [0.2, 0.25) is 0 Å². The molecule has 0 unspecified atom stereocenters. The van der Waals surface area contributed by atoms with Crippen LogP contribution in [-0.4, -0.2) is 0 Å². The molecule has 0 heterocycles. The second kappa shape index (κ2) is 11.7. The van der Waals surface area contributed by atoms with Crippen LogP contribution in [0.2, 0.25) is 0 Å². The minimum atomic E-state index is 0.0569. The highest BCUT2D eigenvalue weighted by Gasteiger charge is 2.37. The van der Waals surface area contributed by atoms with E-state index in [-0.39, 0.29) is 37.9 Å². The monoisotopic (exact) mass is 589 g/mol. The molecule has 2 aromatic rings. The van der Waals surface area contributed by atoms with Crippen molar-refractivity contribution >= 4 is 0 Å². The second-order valence-corrected chi connectivity index (χ2v) is 20.9. The Balaban J connectivity index is 2.91. The first-order valence-electron chi connectivity index (χ1n) is 17.2. The molecule has 0 spiro atoms. The van der Waals surface area contributed by atoms with Gasteiger partial charge in [-0.05, 0) is 107 Å². The van der Waals surface area contributed by atoms with E-state index in [0.29, 0.717) is 0 Å². The van der Waals surface area contributed by atoms with Crippen molar-refractivity contribution in [1.82, 2.24) is 0 Å². The Morgan fingerprint density at radius 2 is 0.744 bits per heavy atom. The Morgan fingerprint density at radius 1 is 0.349 bits per heavy atom. The van der Waals surface area contributed by atoms with E-state index in [2.05, 4.69) is 164 Å². The summed E-state index contributed by atoms with van der Waals surface area (Å²) < 4.78 is 0. The van der Waals surface area contributed by atoms with Gasteiger partial charge in [0.25, 0.3) is 0 Å². The van der Waals surface area contributed by atoms with Crippen LogP contribution in [-0.2, 0) is 50.7 Å². The summed E-state index contributed by atoms with van der Waals surface area (Å²) in [6, 6.07) is 7.71. The summed E-state index contributed by atoms with van der Waals surface area (Å²) in [6.07, 6.45) is 3.38. The molecule has 2 rings (SSSR count). The zero-order valence-electron chi connectivity index (χ0n) is 32.9. The molecule has 0 bridgehead atoms. The van der Waals surface area contributed by atoms with E-state index in [9.17, 15) is 0 Å². The normalized spacial score (nSPS) is 14.4. The first-order valence-corrected chi connectivity index (χ1v) is 17.2. The van der Waals surface area contributed by atoms with Gasteiger partial charge in [-0.15, -0.1) is 0 Å². The van der Waals surface area contributed by atoms with Gasteiger partial charge in [0.15, 0.2) is 0 Å². The minimum absolute atomic E-state index is 0.0569. The topological polar surface area (TPSA) is 0 Å². The first-order chi connectivity index (χ1) is 18.8. The summed E-state index contributed by atoms with van der Waals surface area (Å²) >= 11 is 0. The van der Waals surface area contributed by atoms with Crippen LogP contribution in [0.25, 0.3) is 0 Å². The van der Waals surface area contributed by atoms with Gasteiger partial charge in [-0.3, -0.25) is 0 Å². The molecule has 43 heavy (non-hydrogen) atoms. The molecule has 0 saturated carbocycles. The fraction of sp³-hybridized carbons (Fsp3) is 0.721. The van der Waals surface area contributed by atoms with Crippen molar-refractivity contribution in [3.05, 3.63) is 68.3 Å². The zero-order chi connectivity index (χ0) is 33.9. The average molecular weight is 589 g/mol. The molecule has 0 nitrogen and oxygen atoms in total. The van der Waals surface area contributed by atoms with Crippen LogP contribution in [0.4, 0.5) is 0 Å². The van der Waals surface area contributed by atoms with E-state index in [1.807, 2.05) is 0 Å². The third kappa shape index (κ3) is 8.79. The van der Waals surface area contributed by atoms with E-state index >= 15 is 0 Å². The molecule has 0 N–H and O–H groups in total. The smallest absolute Gasteiger partial charge is 0.0126 e. The van der Waals surface area contributed by atoms with Crippen molar-refractivity contribution in [1.29, 1.82) is 0 Å². The molecule has 0 aliphatic rings. The van der Waals surface area contributed by atoms with E-state index in [0.717, 1.165) is 19.3 Å². The summed E-state index contributed by atoms with van der Waals surface area (Å²) in [5, 5.41) is 0. The lowest BCUT2D eigenvalue weighted by molar-refractivity contribution is 0.483. The number of benzene rings is 2. The summed E-state index contributed by atoms with van der Waals surface area (Å²) in [4.78, 5) is 0. The van der Waals surface area contributed by atoms with Crippen LogP contribution in [0.1, 0.15) is 202 Å². The standard InChI is InChI=1S/C43H72/c1-37(2,3)29-25-28(34(41(13,14)15)32(26-29)39(7,8)9)23-22-24-30-31(38(4,5)6)27-33(40(10,11)12)36(43(19,20)21)35(30)42(16,17)18/h25-27H,22-24H2,1-21H3.